The molecule has 0 fully saturated rings. The van der Waals surface area contributed by atoms with Crippen molar-refractivity contribution in [3.63, 3.8) is 0 Å². The molecule has 17 nitrogen and oxygen atoms in total. The lowest BCUT2D eigenvalue weighted by Gasteiger charge is -2.23. The number of nitrogens with zero attached hydrogens (tertiary/aromatic N) is 3. The second-order valence-electron chi connectivity index (χ2n) is 10.0. The first-order chi connectivity index (χ1) is 21.3. The molecule has 0 unspecified atom stereocenters. The molecule has 0 aliphatic heterocycles. The number of rotatable bonds is 17. The molecule has 13 N–H and O–H groups in total. The Bertz CT molecular complexity index is 1390. The quantitative estimate of drug-likeness (QED) is 0.0430. The van der Waals surface area contributed by atoms with Crippen molar-refractivity contribution in [3.8, 4) is 0 Å². The first-order valence-corrected chi connectivity index (χ1v) is 14.2. The van der Waals surface area contributed by atoms with Crippen molar-refractivity contribution in [1.82, 2.24) is 25.9 Å². The highest BCUT2D eigenvalue weighted by Crippen LogP contribution is 2.22. The summed E-state index contributed by atoms with van der Waals surface area (Å²) >= 11 is 6.15. The number of nitrogen functional groups attached to an aromatic ring is 2. The van der Waals surface area contributed by atoms with E-state index >= 15 is 0 Å². The summed E-state index contributed by atoms with van der Waals surface area (Å²) in [4.78, 5) is 62.7. The number of hydrogen-bond acceptors (Lipinski definition) is 11. The van der Waals surface area contributed by atoms with Crippen molar-refractivity contribution < 1.29 is 23.9 Å². The number of nitrogens with two attached hydrogens (primary N) is 4. The lowest BCUT2D eigenvalue weighted by atomic mass is 10.0. The minimum atomic E-state index is -1.07. The molecular formula is C27H39ClN12O5. The summed E-state index contributed by atoms with van der Waals surface area (Å²) in [6.45, 7) is 2.82. The zero-order chi connectivity index (χ0) is 33.5. The first kappa shape index (κ1) is 36.0. The summed E-state index contributed by atoms with van der Waals surface area (Å²) in [5.41, 5.74) is 22.6. The van der Waals surface area contributed by atoms with Crippen molar-refractivity contribution in [2.24, 2.45) is 28.1 Å². The summed E-state index contributed by atoms with van der Waals surface area (Å²) in [5.74, 6) is -3.60. The number of esters is 1. The van der Waals surface area contributed by atoms with Gasteiger partial charge < -0.3 is 48.9 Å². The maximum Gasteiger partial charge on any atom is 0.325 e. The normalized spacial score (nSPS) is 11.9. The van der Waals surface area contributed by atoms with Gasteiger partial charge in [-0.1, -0.05) is 55.8 Å². The van der Waals surface area contributed by atoms with E-state index in [9.17, 15) is 19.2 Å². The van der Waals surface area contributed by atoms with Crippen LogP contribution >= 0.6 is 11.6 Å². The zero-order valence-corrected chi connectivity index (χ0v) is 25.7. The Labute approximate surface area is 264 Å². The van der Waals surface area contributed by atoms with Crippen LogP contribution in [-0.4, -0.2) is 77.2 Å². The number of amides is 3. The van der Waals surface area contributed by atoms with Crippen LogP contribution in [0.1, 0.15) is 37.9 Å². The van der Waals surface area contributed by atoms with Gasteiger partial charge in [0, 0.05) is 6.54 Å². The SMILES string of the molecule is CC(C)[C@H](Nc1nc(N)c(C(=N)N)nc1Cl)C(=O)NCC(=O)N[C@@H](CCCN=C(N)N)C(=O)NCC(=O)OCc1ccccc1. The molecule has 2 atom stereocenters. The molecule has 1 aromatic carbocycles. The summed E-state index contributed by atoms with van der Waals surface area (Å²) in [5, 5.41) is 17.7. The Morgan fingerprint density at radius 2 is 1.69 bits per heavy atom. The molecule has 0 aliphatic carbocycles. The Morgan fingerprint density at radius 3 is 2.31 bits per heavy atom. The van der Waals surface area contributed by atoms with Gasteiger partial charge in [0.05, 0.1) is 6.54 Å². The molecule has 0 saturated heterocycles. The van der Waals surface area contributed by atoms with Gasteiger partial charge in [-0.15, -0.1) is 0 Å². The Morgan fingerprint density at radius 1 is 1.02 bits per heavy atom. The van der Waals surface area contributed by atoms with Crippen LogP contribution in [0.3, 0.4) is 0 Å². The predicted octanol–water partition coefficient (Wildman–Crippen LogP) is -1.05. The van der Waals surface area contributed by atoms with E-state index in [2.05, 4.69) is 36.2 Å². The maximum absolute atomic E-state index is 13.0. The molecular weight excluding hydrogens is 608 g/mol. The highest BCUT2D eigenvalue weighted by molar-refractivity contribution is 6.32. The molecule has 18 heteroatoms. The highest BCUT2D eigenvalue weighted by Gasteiger charge is 2.26. The second-order valence-corrected chi connectivity index (χ2v) is 10.4. The fraction of sp³-hybridized carbons (Fsp3) is 0.407. The van der Waals surface area contributed by atoms with Crippen molar-refractivity contribution in [2.75, 3.05) is 30.7 Å². The van der Waals surface area contributed by atoms with Gasteiger partial charge in [0.15, 0.2) is 22.7 Å². The summed E-state index contributed by atoms with van der Waals surface area (Å²) in [7, 11) is 0. The van der Waals surface area contributed by atoms with E-state index in [-0.39, 0.29) is 53.9 Å². The third kappa shape index (κ3) is 12.5. The molecule has 3 amide bonds. The van der Waals surface area contributed by atoms with Gasteiger partial charge in [-0.05, 0) is 24.3 Å². The number of halogens is 1. The van der Waals surface area contributed by atoms with Crippen LogP contribution in [0.4, 0.5) is 11.6 Å². The monoisotopic (exact) mass is 646 g/mol. The number of benzene rings is 1. The number of hydrogen-bond donors (Lipinski definition) is 9. The topological polar surface area (TPSA) is 292 Å². The number of amidine groups is 1. The highest BCUT2D eigenvalue weighted by atomic mass is 35.5. The summed E-state index contributed by atoms with van der Waals surface area (Å²) in [6, 6.07) is 7.03. The van der Waals surface area contributed by atoms with Gasteiger partial charge in [0.25, 0.3) is 0 Å². The molecule has 0 radical (unpaired) electrons. The van der Waals surface area contributed by atoms with Gasteiger partial charge in [-0.2, -0.15) is 0 Å². The minimum absolute atomic E-state index is 0.0164. The number of carbonyl (C=O) groups is 4. The van der Waals surface area contributed by atoms with Gasteiger partial charge in [0.1, 0.15) is 36.8 Å². The van der Waals surface area contributed by atoms with Crippen LogP contribution < -0.4 is 44.2 Å². The third-order valence-corrected chi connectivity index (χ3v) is 6.31. The van der Waals surface area contributed by atoms with Gasteiger partial charge in [0.2, 0.25) is 17.7 Å². The van der Waals surface area contributed by atoms with E-state index in [4.69, 9.17) is 44.7 Å². The van der Waals surface area contributed by atoms with Gasteiger partial charge in [-0.25, -0.2) is 9.97 Å². The molecule has 1 aromatic heterocycles. The largest absolute Gasteiger partial charge is 0.460 e. The third-order valence-electron chi connectivity index (χ3n) is 6.05. The number of carbonyl (C=O) groups excluding carboxylic acids is 4. The molecule has 45 heavy (non-hydrogen) atoms. The molecule has 244 valence electrons. The van der Waals surface area contributed by atoms with Gasteiger partial charge in [-0.3, -0.25) is 29.6 Å². The Kier molecular flexibility index (Phi) is 14.3. The van der Waals surface area contributed by atoms with Crippen molar-refractivity contribution in [1.29, 1.82) is 5.41 Å². The molecule has 0 spiro atoms. The molecule has 2 aromatic rings. The molecule has 0 bridgehead atoms. The predicted molar refractivity (Wildman–Crippen MR) is 169 cm³/mol. The number of aliphatic imine (C=N–C) groups is 1. The fourth-order valence-corrected chi connectivity index (χ4v) is 3.95. The maximum atomic E-state index is 13.0. The minimum Gasteiger partial charge on any atom is -0.460 e. The Balaban J connectivity index is 1.98. The van der Waals surface area contributed by atoms with Crippen molar-refractivity contribution in [3.05, 3.63) is 46.7 Å². The molecule has 2 rings (SSSR count). The standard InChI is InChI=1S/C27H39ClN12O5/c1-14(2)19(39-24-21(28)38-20(22(29)30)23(31)40-24)26(44)35-11-17(41)37-16(9-6-10-34-27(32)33)25(43)36-12-18(42)45-13-15-7-4-3-5-8-15/h3-5,7-8,14,16,19H,6,9-13H2,1-2H3,(H3,29,30)(H,35,44)(H,36,43)(H,37,41)(H3,31,39,40)(H4,32,33,34)/t16-,19-/m0/s1. The number of guanidine groups is 1. The average molecular weight is 647 g/mol. The zero-order valence-electron chi connectivity index (χ0n) is 24.9. The van der Waals surface area contributed by atoms with Crippen LogP contribution in [0.15, 0.2) is 35.3 Å². The van der Waals surface area contributed by atoms with Crippen LogP contribution in [0, 0.1) is 11.3 Å². The smallest absolute Gasteiger partial charge is 0.325 e. The van der Waals surface area contributed by atoms with E-state index in [1.165, 1.54) is 0 Å². The van der Waals surface area contributed by atoms with Crippen LogP contribution in [-0.2, 0) is 30.5 Å². The first-order valence-electron chi connectivity index (χ1n) is 13.8. The van der Waals surface area contributed by atoms with Gasteiger partial charge >= 0.3 is 5.97 Å². The van der Waals surface area contributed by atoms with Crippen molar-refractivity contribution >= 4 is 58.7 Å². The van der Waals surface area contributed by atoms with E-state index in [1.54, 1.807) is 38.1 Å². The van der Waals surface area contributed by atoms with Crippen molar-refractivity contribution in [2.45, 2.75) is 45.4 Å². The number of aromatic nitrogens is 2. The lowest BCUT2D eigenvalue weighted by molar-refractivity contribution is -0.145. The van der Waals surface area contributed by atoms with E-state index in [0.29, 0.717) is 6.42 Å². The van der Waals surface area contributed by atoms with E-state index < -0.39 is 54.7 Å². The Hall–Kier alpha value is -5.19. The lowest BCUT2D eigenvalue weighted by Crippen LogP contribution is -2.52. The summed E-state index contributed by atoms with van der Waals surface area (Å²) < 4.78 is 5.16. The van der Waals surface area contributed by atoms with Crippen LogP contribution in [0.2, 0.25) is 5.15 Å². The number of nitrogens with one attached hydrogen (secondary N) is 5. The fourth-order valence-electron chi connectivity index (χ4n) is 3.77. The van der Waals surface area contributed by atoms with Crippen LogP contribution in [0.5, 0.6) is 0 Å². The summed E-state index contributed by atoms with van der Waals surface area (Å²) in [6.07, 6.45) is 0.458. The van der Waals surface area contributed by atoms with Crippen LogP contribution in [0.25, 0.3) is 0 Å². The molecule has 1 heterocycles. The second kappa shape index (κ2) is 17.8. The van der Waals surface area contributed by atoms with E-state index in [0.717, 1.165) is 5.56 Å². The molecule has 0 aliphatic rings. The average Bonchev–Trinajstić information content (AvgIpc) is 2.99. The number of anilines is 2. The number of ether oxygens (including phenoxy) is 1. The molecule has 0 saturated carbocycles. The van der Waals surface area contributed by atoms with E-state index in [1.807, 2.05) is 6.07 Å².